The van der Waals surface area contributed by atoms with E-state index >= 15 is 0 Å². The molecule has 0 fully saturated rings. The lowest BCUT2D eigenvalue weighted by molar-refractivity contribution is 0.0695. The van der Waals surface area contributed by atoms with Crippen LogP contribution >= 0.6 is 27.3 Å². The Bertz CT molecular complexity index is 575. The Morgan fingerprint density at radius 3 is 2.94 bits per heavy atom. The van der Waals surface area contributed by atoms with E-state index in [2.05, 4.69) is 26.2 Å². The number of rotatable bonds is 4. The maximum absolute atomic E-state index is 13.9. The quantitative estimate of drug-likeness (QED) is 0.902. The monoisotopic (exact) mass is 330 g/mol. The van der Waals surface area contributed by atoms with Crippen LogP contribution in [0.4, 0.5) is 10.1 Å². The van der Waals surface area contributed by atoms with Crippen molar-refractivity contribution in [1.29, 1.82) is 0 Å². The van der Waals surface area contributed by atoms with Gasteiger partial charge in [0, 0.05) is 11.1 Å². The van der Waals surface area contributed by atoms with Crippen LogP contribution in [0.25, 0.3) is 0 Å². The van der Waals surface area contributed by atoms with E-state index < -0.39 is 11.8 Å². The maximum atomic E-state index is 13.9. The summed E-state index contributed by atoms with van der Waals surface area (Å²) in [4.78, 5) is 15.7. The summed E-state index contributed by atoms with van der Waals surface area (Å²) in [6.45, 7) is 0.445. The Hall–Kier alpha value is -1.47. The summed E-state index contributed by atoms with van der Waals surface area (Å²) in [7, 11) is 0. The molecular weight excluding hydrogens is 323 g/mol. The van der Waals surface area contributed by atoms with Gasteiger partial charge in [0.2, 0.25) is 0 Å². The van der Waals surface area contributed by atoms with Gasteiger partial charge in [-0.1, -0.05) is 0 Å². The highest BCUT2D eigenvalue weighted by Gasteiger charge is 2.15. The van der Waals surface area contributed by atoms with Gasteiger partial charge in [-0.2, -0.15) is 0 Å². The molecule has 2 rings (SSSR count). The molecule has 1 heterocycles. The first-order chi connectivity index (χ1) is 8.59. The molecule has 0 saturated heterocycles. The van der Waals surface area contributed by atoms with Gasteiger partial charge in [0.1, 0.15) is 0 Å². The van der Waals surface area contributed by atoms with Crippen molar-refractivity contribution in [2.75, 3.05) is 5.32 Å². The lowest BCUT2D eigenvalue weighted by Crippen LogP contribution is -2.04. The van der Waals surface area contributed by atoms with Crippen LogP contribution in [-0.4, -0.2) is 16.1 Å². The normalized spacial score (nSPS) is 10.3. The number of benzene rings is 1. The fourth-order valence-electron chi connectivity index (χ4n) is 1.36. The second-order valence-corrected chi connectivity index (χ2v) is 5.18. The Morgan fingerprint density at radius 2 is 2.33 bits per heavy atom. The summed E-state index contributed by atoms with van der Waals surface area (Å²) in [6.07, 6.45) is 1.69. The van der Waals surface area contributed by atoms with Gasteiger partial charge in [0.15, 0.2) is 5.82 Å². The van der Waals surface area contributed by atoms with E-state index in [1.807, 2.05) is 0 Å². The molecule has 1 aromatic carbocycles. The van der Waals surface area contributed by atoms with E-state index in [0.29, 0.717) is 6.54 Å². The second kappa shape index (κ2) is 5.45. The fourth-order valence-corrected chi connectivity index (χ4v) is 2.41. The van der Waals surface area contributed by atoms with E-state index in [0.717, 1.165) is 4.88 Å². The van der Waals surface area contributed by atoms with Crippen LogP contribution in [0.2, 0.25) is 0 Å². The number of carboxylic acid groups (broad SMARTS) is 1. The number of nitrogens with one attached hydrogen (secondary N) is 1. The van der Waals surface area contributed by atoms with E-state index in [4.69, 9.17) is 5.11 Å². The molecule has 4 nitrogen and oxygen atoms in total. The highest BCUT2D eigenvalue weighted by atomic mass is 79.9. The number of carbonyl (C=O) groups is 1. The standard InChI is InChI=1S/C11H8BrFN2O2S/c12-9-7(11(16)17)1-2-8(10(9)13)15-4-6-3-14-5-18-6/h1-3,5,15H,4H2,(H,16,17). The van der Waals surface area contributed by atoms with Crippen LogP contribution in [0.5, 0.6) is 0 Å². The number of carboxylic acids is 1. The summed E-state index contributed by atoms with van der Waals surface area (Å²) in [6, 6.07) is 2.76. The van der Waals surface area contributed by atoms with Crippen LogP contribution in [0, 0.1) is 5.82 Å². The van der Waals surface area contributed by atoms with Crippen LogP contribution in [0.15, 0.2) is 28.3 Å². The van der Waals surface area contributed by atoms with Gasteiger partial charge in [-0.3, -0.25) is 4.98 Å². The molecule has 0 unspecified atom stereocenters. The zero-order valence-corrected chi connectivity index (χ0v) is 11.4. The molecule has 94 valence electrons. The Labute approximate surface area is 115 Å². The zero-order chi connectivity index (χ0) is 13.1. The summed E-state index contributed by atoms with van der Waals surface area (Å²) >= 11 is 4.40. The van der Waals surface area contributed by atoms with Crippen LogP contribution in [0.1, 0.15) is 15.2 Å². The smallest absolute Gasteiger partial charge is 0.336 e. The van der Waals surface area contributed by atoms with E-state index in [1.54, 1.807) is 11.7 Å². The van der Waals surface area contributed by atoms with Gasteiger partial charge < -0.3 is 10.4 Å². The average Bonchev–Trinajstić information content (AvgIpc) is 2.83. The van der Waals surface area contributed by atoms with Gasteiger partial charge in [-0.05, 0) is 28.1 Å². The first-order valence-corrected chi connectivity index (χ1v) is 6.59. The Kier molecular flexibility index (Phi) is 3.93. The molecule has 1 aromatic heterocycles. The molecule has 0 amide bonds. The number of anilines is 1. The molecule has 18 heavy (non-hydrogen) atoms. The largest absolute Gasteiger partial charge is 0.478 e. The fraction of sp³-hybridized carbons (Fsp3) is 0.0909. The summed E-state index contributed by atoms with van der Waals surface area (Å²) in [5, 5.41) is 11.7. The van der Waals surface area contributed by atoms with Crippen molar-refractivity contribution in [2.45, 2.75) is 6.54 Å². The van der Waals surface area contributed by atoms with Crippen molar-refractivity contribution in [3.05, 3.63) is 44.6 Å². The Balaban J connectivity index is 2.19. The third kappa shape index (κ3) is 2.68. The molecule has 2 N–H and O–H groups in total. The summed E-state index contributed by atoms with van der Waals surface area (Å²) < 4.78 is 13.8. The maximum Gasteiger partial charge on any atom is 0.336 e. The van der Waals surface area contributed by atoms with Crippen molar-refractivity contribution in [3.8, 4) is 0 Å². The number of thiazole rings is 1. The highest BCUT2D eigenvalue weighted by Crippen LogP contribution is 2.27. The molecule has 0 aliphatic rings. The SMILES string of the molecule is O=C(O)c1ccc(NCc2cncs2)c(F)c1Br. The number of halogens is 2. The average molecular weight is 331 g/mol. The van der Waals surface area contributed by atoms with Crippen molar-refractivity contribution in [2.24, 2.45) is 0 Å². The van der Waals surface area contributed by atoms with Crippen molar-refractivity contribution >= 4 is 38.9 Å². The molecular formula is C11H8BrFN2O2S. The van der Waals surface area contributed by atoms with Gasteiger partial charge >= 0.3 is 5.97 Å². The molecule has 0 aliphatic heterocycles. The predicted molar refractivity (Wildman–Crippen MR) is 70.5 cm³/mol. The van der Waals surface area contributed by atoms with Crippen LogP contribution < -0.4 is 5.32 Å². The molecule has 0 spiro atoms. The second-order valence-electron chi connectivity index (χ2n) is 3.42. The van der Waals surface area contributed by atoms with Crippen molar-refractivity contribution in [3.63, 3.8) is 0 Å². The Morgan fingerprint density at radius 1 is 1.56 bits per heavy atom. The highest BCUT2D eigenvalue weighted by molar-refractivity contribution is 9.10. The molecule has 0 saturated carbocycles. The predicted octanol–water partition coefficient (Wildman–Crippen LogP) is 3.36. The van der Waals surface area contributed by atoms with E-state index in [-0.39, 0.29) is 15.7 Å². The molecule has 0 bridgehead atoms. The molecule has 0 atom stereocenters. The minimum absolute atomic E-state index is 0.0516. The number of hydrogen-bond donors (Lipinski definition) is 2. The molecule has 2 aromatic rings. The topological polar surface area (TPSA) is 62.2 Å². The summed E-state index contributed by atoms with van der Waals surface area (Å²) in [5.74, 6) is -1.78. The lowest BCUT2D eigenvalue weighted by Gasteiger charge is -2.09. The first kappa shape index (κ1) is 13.0. The third-order valence-corrected chi connectivity index (χ3v) is 3.80. The number of aromatic carboxylic acids is 1. The molecule has 0 aliphatic carbocycles. The molecule has 0 radical (unpaired) electrons. The van der Waals surface area contributed by atoms with Crippen molar-refractivity contribution < 1.29 is 14.3 Å². The van der Waals surface area contributed by atoms with E-state index in [1.165, 1.54) is 23.5 Å². The first-order valence-electron chi connectivity index (χ1n) is 4.92. The van der Waals surface area contributed by atoms with Gasteiger partial charge in [-0.25, -0.2) is 9.18 Å². The van der Waals surface area contributed by atoms with Crippen LogP contribution in [-0.2, 0) is 6.54 Å². The minimum atomic E-state index is -1.17. The van der Waals surface area contributed by atoms with Gasteiger partial charge in [-0.15, -0.1) is 11.3 Å². The van der Waals surface area contributed by atoms with Crippen molar-refractivity contribution in [1.82, 2.24) is 4.98 Å². The zero-order valence-electron chi connectivity index (χ0n) is 8.98. The number of aromatic nitrogens is 1. The number of nitrogens with zero attached hydrogens (tertiary/aromatic N) is 1. The molecule has 7 heteroatoms. The van der Waals surface area contributed by atoms with Gasteiger partial charge in [0.25, 0.3) is 0 Å². The number of hydrogen-bond acceptors (Lipinski definition) is 4. The summed E-state index contributed by atoms with van der Waals surface area (Å²) in [5.41, 5.74) is 1.84. The van der Waals surface area contributed by atoms with Gasteiger partial charge in [0.05, 0.1) is 27.8 Å². The van der Waals surface area contributed by atoms with E-state index in [9.17, 15) is 9.18 Å². The minimum Gasteiger partial charge on any atom is -0.478 e. The lowest BCUT2D eigenvalue weighted by atomic mass is 10.2. The van der Waals surface area contributed by atoms with Crippen LogP contribution in [0.3, 0.4) is 0 Å². The third-order valence-electron chi connectivity index (χ3n) is 2.25.